The maximum Gasteiger partial charge on any atom is 0.256 e. The normalized spacial score (nSPS) is 22.6. The lowest BCUT2D eigenvalue weighted by Crippen LogP contribution is -2.52. The molecule has 2 saturated heterocycles. The van der Waals surface area contributed by atoms with Crippen LogP contribution in [-0.2, 0) is 11.3 Å². The summed E-state index contributed by atoms with van der Waals surface area (Å²) in [5.41, 5.74) is 2.68. The van der Waals surface area contributed by atoms with Crippen molar-refractivity contribution in [3.8, 4) is 34.9 Å². The van der Waals surface area contributed by atoms with Crippen molar-refractivity contribution < 1.29 is 14.2 Å². The Balaban J connectivity index is 1.03. The number of tetrazole rings is 1. The number of nitriles is 2. The first-order valence-electron chi connectivity index (χ1n) is 17.0. The SMILES string of the molecule is CC(Cn1cnnn1)Oc1cc(-c2cnc(Nc3cn(C4CCC(N5[C@@H]6CC[C@H]5COC6)CC4)nc3OCCCC#N)nc2)ccc1C#N. The summed E-state index contributed by atoms with van der Waals surface area (Å²) in [6.07, 6.45) is 14.6. The molecular formula is C34H40N12O3. The van der Waals surface area contributed by atoms with Crippen LogP contribution < -0.4 is 14.8 Å². The van der Waals surface area contributed by atoms with Crippen LogP contribution in [0, 0.1) is 22.7 Å². The van der Waals surface area contributed by atoms with Crippen molar-refractivity contribution in [2.75, 3.05) is 25.1 Å². The molecule has 254 valence electrons. The first-order chi connectivity index (χ1) is 24.1. The van der Waals surface area contributed by atoms with Gasteiger partial charge in [-0.15, -0.1) is 10.2 Å². The van der Waals surface area contributed by atoms with Gasteiger partial charge in [0.1, 0.15) is 29.9 Å². The van der Waals surface area contributed by atoms with Crippen LogP contribution in [0.25, 0.3) is 11.1 Å². The number of aromatic nitrogens is 8. The maximum absolute atomic E-state index is 9.66. The molecule has 49 heavy (non-hydrogen) atoms. The molecule has 1 saturated carbocycles. The monoisotopic (exact) mass is 664 g/mol. The fourth-order valence-corrected chi connectivity index (χ4v) is 7.29. The average Bonchev–Trinajstić information content (AvgIpc) is 3.85. The number of morpholine rings is 1. The fourth-order valence-electron chi connectivity index (χ4n) is 7.29. The first kappa shape index (κ1) is 32.4. The Bertz CT molecular complexity index is 1760. The van der Waals surface area contributed by atoms with Crippen molar-refractivity contribution in [1.82, 2.24) is 44.9 Å². The lowest BCUT2D eigenvalue weighted by Gasteiger charge is -2.43. The van der Waals surface area contributed by atoms with Crippen LogP contribution in [0.15, 0.2) is 43.1 Å². The predicted molar refractivity (Wildman–Crippen MR) is 177 cm³/mol. The smallest absolute Gasteiger partial charge is 0.256 e. The Morgan fingerprint density at radius 3 is 2.47 bits per heavy atom. The molecule has 3 atom stereocenters. The second-order valence-corrected chi connectivity index (χ2v) is 13.0. The van der Waals surface area contributed by atoms with Crippen LogP contribution in [0.1, 0.15) is 69.9 Å². The molecule has 15 heteroatoms. The van der Waals surface area contributed by atoms with Gasteiger partial charge in [-0.2, -0.15) is 10.5 Å². The number of benzene rings is 1. The van der Waals surface area contributed by atoms with Gasteiger partial charge in [0.05, 0.1) is 50.2 Å². The third-order valence-electron chi connectivity index (χ3n) is 9.63. The summed E-state index contributed by atoms with van der Waals surface area (Å²) in [4.78, 5) is 11.9. The van der Waals surface area contributed by atoms with E-state index in [1.165, 1.54) is 19.2 Å². The summed E-state index contributed by atoms with van der Waals surface area (Å²) in [7, 11) is 0. The molecule has 15 nitrogen and oxygen atoms in total. The maximum atomic E-state index is 9.66. The largest absolute Gasteiger partial charge is 0.487 e. The second kappa shape index (κ2) is 15.0. The standard InChI is InChI=1S/C34H40N12O3/c1-23(18-44-22-39-42-43-44)49-32-14-24(4-5-25(32)15-36)26-16-37-34(38-17-26)40-31-19-45(41-33(31)48-13-3-2-12-35)27-6-8-28(9-7-27)46-29-10-11-30(46)21-47-20-29/h4-5,14,16-17,19,22-23,27-30H,2-3,6-11,13,18,20-21H2,1H3,(H,37,38,40)/t23?,27?,28?,29-,30+. The molecule has 3 aliphatic rings. The lowest BCUT2D eigenvalue weighted by atomic mass is 9.89. The zero-order chi connectivity index (χ0) is 33.6. The van der Waals surface area contributed by atoms with Crippen molar-refractivity contribution in [3.63, 3.8) is 0 Å². The minimum absolute atomic E-state index is 0.277. The van der Waals surface area contributed by atoms with Gasteiger partial charge < -0.3 is 19.5 Å². The number of hydrogen-bond donors (Lipinski definition) is 1. The molecule has 0 radical (unpaired) electrons. The Hall–Kier alpha value is -5.12. The number of hydrogen-bond acceptors (Lipinski definition) is 13. The van der Waals surface area contributed by atoms with E-state index in [9.17, 15) is 5.26 Å². The molecule has 1 aliphatic carbocycles. The Kier molecular flexibility index (Phi) is 9.91. The van der Waals surface area contributed by atoms with Crippen molar-refractivity contribution in [2.45, 2.75) is 95.1 Å². The lowest BCUT2D eigenvalue weighted by molar-refractivity contribution is -0.0458. The third-order valence-corrected chi connectivity index (χ3v) is 9.63. The summed E-state index contributed by atoms with van der Waals surface area (Å²) in [5, 5.41) is 38.0. The molecule has 4 aromatic rings. The molecule has 0 spiro atoms. The molecule has 0 amide bonds. The second-order valence-electron chi connectivity index (χ2n) is 13.0. The highest BCUT2D eigenvalue weighted by molar-refractivity contribution is 5.67. The number of unbranched alkanes of at least 4 members (excludes halogenated alkanes) is 1. The topological polar surface area (TPSA) is 178 Å². The Morgan fingerprint density at radius 2 is 1.76 bits per heavy atom. The van der Waals surface area contributed by atoms with E-state index in [1.807, 2.05) is 29.9 Å². The minimum Gasteiger partial charge on any atom is -0.487 e. The summed E-state index contributed by atoms with van der Waals surface area (Å²) in [5.74, 6) is 1.33. The predicted octanol–water partition coefficient (Wildman–Crippen LogP) is 4.44. The highest BCUT2D eigenvalue weighted by Crippen LogP contribution is 2.39. The number of ether oxygens (including phenoxy) is 3. The van der Waals surface area contributed by atoms with E-state index < -0.39 is 0 Å². The van der Waals surface area contributed by atoms with E-state index in [2.05, 4.69) is 47.8 Å². The van der Waals surface area contributed by atoms with Crippen molar-refractivity contribution in [3.05, 3.63) is 48.7 Å². The molecule has 5 heterocycles. The quantitative estimate of drug-likeness (QED) is 0.199. The molecule has 1 aromatic carbocycles. The molecule has 7 rings (SSSR count). The van der Waals surface area contributed by atoms with Crippen molar-refractivity contribution in [2.24, 2.45) is 0 Å². The molecular weight excluding hydrogens is 624 g/mol. The average molecular weight is 665 g/mol. The van der Waals surface area contributed by atoms with Gasteiger partial charge in [0.25, 0.3) is 5.88 Å². The van der Waals surface area contributed by atoms with Gasteiger partial charge in [-0.05, 0) is 80.0 Å². The van der Waals surface area contributed by atoms with Gasteiger partial charge in [-0.3, -0.25) is 9.58 Å². The van der Waals surface area contributed by atoms with Crippen LogP contribution >= 0.6 is 0 Å². The first-order valence-corrected chi connectivity index (χ1v) is 17.0. The van der Waals surface area contributed by atoms with Gasteiger partial charge in [0, 0.05) is 42.5 Å². The van der Waals surface area contributed by atoms with Gasteiger partial charge in [-0.1, -0.05) is 6.07 Å². The Morgan fingerprint density at radius 1 is 1.00 bits per heavy atom. The number of anilines is 2. The number of nitrogens with one attached hydrogen (secondary N) is 1. The molecule has 2 aliphatic heterocycles. The zero-order valence-corrected chi connectivity index (χ0v) is 27.6. The van der Waals surface area contributed by atoms with Gasteiger partial charge in [0.15, 0.2) is 0 Å². The van der Waals surface area contributed by atoms with Crippen LogP contribution in [0.2, 0.25) is 0 Å². The summed E-state index contributed by atoms with van der Waals surface area (Å²) >= 11 is 0. The van der Waals surface area contributed by atoms with E-state index in [0.29, 0.717) is 72.9 Å². The van der Waals surface area contributed by atoms with Crippen molar-refractivity contribution >= 4 is 11.6 Å². The molecule has 3 aromatic heterocycles. The molecule has 1 N–H and O–H groups in total. The van der Waals surface area contributed by atoms with E-state index >= 15 is 0 Å². The highest BCUT2D eigenvalue weighted by Gasteiger charge is 2.42. The van der Waals surface area contributed by atoms with Crippen molar-refractivity contribution in [1.29, 1.82) is 10.5 Å². The van der Waals surface area contributed by atoms with Gasteiger partial charge in [0.2, 0.25) is 5.95 Å². The zero-order valence-electron chi connectivity index (χ0n) is 27.6. The van der Waals surface area contributed by atoms with Gasteiger partial charge >= 0.3 is 0 Å². The van der Waals surface area contributed by atoms with E-state index in [4.69, 9.17) is 24.6 Å². The number of nitrogens with zero attached hydrogens (tertiary/aromatic N) is 11. The molecule has 1 unspecified atom stereocenters. The van der Waals surface area contributed by atoms with E-state index in [1.54, 1.807) is 23.1 Å². The van der Waals surface area contributed by atoms with Crippen LogP contribution in [0.5, 0.6) is 11.6 Å². The van der Waals surface area contributed by atoms with Crippen LogP contribution in [-0.4, -0.2) is 88.9 Å². The van der Waals surface area contributed by atoms with Crippen LogP contribution in [0.3, 0.4) is 0 Å². The summed E-state index contributed by atoms with van der Waals surface area (Å²) in [6.45, 7) is 4.45. The highest BCUT2D eigenvalue weighted by atomic mass is 16.5. The third kappa shape index (κ3) is 7.48. The minimum atomic E-state index is -0.277. The Labute approximate surface area is 284 Å². The van der Waals surface area contributed by atoms with Gasteiger partial charge in [-0.25, -0.2) is 14.6 Å². The van der Waals surface area contributed by atoms with E-state index in [0.717, 1.165) is 50.0 Å². The summed E-state index contributed by atoms with van der Waals surface area (Å²) < 4.78 is 21.6. The summed E-state index contributed by atoms with van der Waals surface area (Å²) in [6, 6.07) is 11.8. The molecule has 2 bridgehead atoms. The van der Waals surface area contributed by atoms with Crippen LogP contribution in [0.4, 0.5) is 11.6 Å². The molecule has 3 fully saturated rings. The number of fused-ring (bicyclic) bond motifs is 2. The number of rotatable bonds is 13. The fraction of sp³-hybridized carbons (Fsp3) is 0.529. The van der Waals surface area contributed by atoms with E-state index in [-0.39, 0.29) is 12.1 Å².